The number of carbonyl (C=O) groups is 1. The quantitative estimate of drug-likeness (QED) is 0.794. The zero-order valence-electron chi connectivity index (χ0n) is 12.2. The molecule has 1 heterocycles. The Hall–Kier alpha value is -2.26. The van der Waals surface area contributed by atoms with Crippen LogP contribution in [0.2, 0.25) is 0 Å². The number of nitrogen functional groups attached to an aromatic ring is 1. The van der Waals surface area contributed by atoms with Crippen LogP contribution >= 0.6 is 11.3 Å². The molecule has 0 unspecified atom stereocenters. The average molecular weight is 303 g/mol. The summed E-state index contributed by atoms with van der Waals surface area (Å²) in [6, 6.07) is 5.69. The Bertz CT molecular complexity index is 720. The summed E-state index contributed by atoms with van der Waals surface area (Å²) in [6.07, 6.45) is -0.470. The van der Waals surface area contributed by atoms with Crippen molar-refractivity contribution in [3.63, 3.8) is 0 Å². The second kappa shape index (κ2) is 6.02. The molecular formula is C15H17N3O2S. The molecule has 1 amide bonds. The highest BCUT2D eigenvalue weighted by Crippen LogP contribution is 2.24. The van der Waals surface area contributed by atoms with Gasteiger partial charge in [0.25, 0.3) is 0 Å². The Labute approximate surface area is 127 Å². The maximum absolute atomic E-state index is 11.4. The number of ether oxygens (including phenoxy) is 1. The SMILES string of the molecule is CC(C)(C)OC(=O)NCC#Cc1ccc2nc(N)sc2c1. The molecule has 3 N–H and O–H groups in total. The van der Waals surface area contributed by atoms with Gasteiger partial charge in [-0.25, -0.2) is 9.78 Å². The van der Waals surface area contributed by atoms with Crippen LogP contribution in [0.25, 0.3) is 10.2 Å². The van der Waals surface area contributed by atoms with Gasteiger partial charge in [-0.1, -0.05) is 23.2 Å². The molecule has 0 saturated carbocycles. The first-order valence-electron chi connectivity index (χ1n) is 6.45. The van der Waals surface area contributed by atoms with Crippen molar-refractivity contribution in [2.24, 2.45) is 0 Å². The van der Waals surface area contributed by atoms with Crippen LogP contribution in [0.4, 0.5) is 9.93 Å². The molecule has 0 saturated heterocycles. The predicted molar refractivity (Wildman–Crippen MR) is 85.1 cm³/mol. The van der Waals surface area contributed by atoms with Crippen molar-refractivity contribution in [2.45, 2.75) is 26.4 Å². The van der Waals surface area contributed by atoms with Gasteiger partial charge in [-0.05, 0) is 39.0 Å². The van der Waals surface area contributed by atoms with Crippen LogP contribution in [0.15, 0.2) is 18.2 Å². The lowest BCUT2D eigenvalue weighted by Gasteiger charge is -2.18. The topological polar surface area (TPSA) is 77.2 Å². The van der Waals surface area contributed by atoms with Crippen LogP contribution in [0.3, 0.4) is 0 Å². The lowest BCUT2D eigenvalue weighted by atomic mass is 10.2. The summed E-state index contributed by atoms with van der Waals surface area (Å²) < 4.78 is 6.11. The van der Waals surface area contributed by atoms with Crippen molar-refractivity contribution in [3.05, 3.63) is 23.8 Å². The number of nitrogens with zero attached hydrogens (tertiary/aromatic N) is 1. The third-order valence-electron chi connectivity index (χ3n) is 2.36. The monoisotopic (exact) mass is 303 g/mol. The van der Waals surface area contributed by atoms with E-state index in [2.05, 4.69) is 22.1 Å². The van der Waals surface area contributed by atoms with E-state index in [9.17, 15) is 4.79 Å². The number of anilines is 1. The highest BCUT2D eigenvalue weighted by Gasteiger charge is 2.14. The third kappa shape index (κ3) is 4.65. The number of fused-ring (bicyclic) bond motifs is 1. The van der Waals surface area contributed by atoms with Crippen LogP contribution in [0.1, 0.15) is 26.3 Å². The number of rotatable bonds is 1. The normalized spacial score (nSPS) is 10.8. The molecule has 21 heavy (non-hydrogen) atoms. The van der Waals surface area contributed by atoms with Crippen LogP contribution in [0.5, 0.6) is 0 Å². The smallest absolute Gasteiger partial charge is 0.408 e. The summed E-state index contributed by atoms with van der Waals surface area (Å²) in [4.78, 5) is 15.6. The minimum atomic E-state index is -0.505. The van der Waals surface area contributed by atoms with E-state index in [-0.39, 0.29) is 6.54 Å². The number of nitrogens with one attached hydrogen (secondary N) is 1. The Morgan fingerprint density at radius 3 is 2.95 bits per heavy atom. The zero-order chi connectivity index (χ0) is 15.5. The van der Waals surface area contributed by atoms with Crippen molar-refractivity contribution in [1.82, 2.24) is 10.3 Å². The van der Waals surface area contributed by atoms with E-state index < -0.39 is 11.7 Å². The number of aromatic nitrogens is 1. The fourth-order valence-corrected chi connectivity index (χ4v) is 2.37. The molecule has 0 spiro atoms. The highest BCUT2D eigenvalue weighted by molar-refractivity contribution is 7.22. The molecule has 2 aromatic rings. The second-order valence-corrected chi connectivity index (χ2v) is 6.45. The number of hydrogen-bond acceptors (Lipinski definition) is 5. The Balaban J connectivity index is 1.93. The van der Waals surface area contributed by atoms with Gasteiger partial charge >= 0.3 is 6.09 Å². The van der Waals surface area contributed by atoms with Crippen molar-refractivity contribution in [2.75, 3.05) is 12.3 Å². The van der Waals surface area contributed by atoms with Gasteiger partial charge in [-0.3, -0.25) is 0 Å². The number of carbonyl (C=O) groups excluding carboxylic acids is 1. The molecule has 0 bridgehead atoms. The lowest BCUT2D eigenvalue weighted by molar-refractivity contribution is 0.0535. The first-order valence-corrected chi connectivity index (χ1v) is 7.27. The fraction of sp³-hybridized carbons (Fsp3) is 0.333. The highest BCUT2D eigenvalue weighted by atomic mass is 32.1. The predicted octanol–water partition coefficient (Wildman–Crippen LogP) is 2.75. The fourth-order valence-electron chi connectivity index (χ4n) is 1.60. The first-order chi connectivity index (χ1) is 9.83. The average Bonchev–Trinajstić information content (AvgIpc) is 2.71. The number of alkyl carbamates (subject to hydrolysis) is 1. The molecule has 0 aliphatic carbocycles. The molecule has 1 aromatic carbocycles. The zero-order valence-corrected chi connectivity index (χ0v) is 13.0. The summed E-state index contributed by atoms with van der Waals surface area (Å²) in [5.74, 6) is 5.86. The lowest BCUT2D eigenvalue weighted by Crippen LogP contribution is -2.32. The maximum atomic E-state index is 11.4. The van der Waals surface area contributed by atoms with E-state index in [1.54, 1.807) is 0 Å². The van der Waals surface area contributed by atoms with Gasteiger partial charge < -0.3 is 15.8 Å². The number of nitrogens with two attached hydrogens (primary N) is 1. The van der Waals surface area contributed by atoms with Gasteiger partial charge in [0.2, 0.25) is 0 Å². The second-order valence-electron chi connectivity index (χ2n) is 5.39. The number of amides is 1. The molecule has 1 aromatic heterocycles. The van der Waals surface area contributed by atoms with Crippen LogP contribution < -0.4 is 11.1 Å². The minimum Gasteiger partial charge on any atom is -0.444 e. The van der Waals surface area contributed by atoms with Gasteiger partial charge in [0.05, 0.1) is 16.8 Å². The van der Waals surface area contributed by atoms with Gasteiger partial charge in [-0.2, -0.15) is 0 Å². The minimum absolute atomic E-state index is 0.234. The van der Waals surface area contributed by atoms with E-state index >= 15 is 0 Å². The molecule has 0 radical (unpaired) electrons. The maximum Gasteiger partial charge on any atom is 0.408 e. The number of benzene rings is 1. The van der Waals surface area contributed by atoms with Gasteiger partial charge in [0, 0.05) is 5.56 Å². The Morgan fingerprint density at radius 2 is 2.24 bits per heavy atom. The standard InChI is InChI=1S/C15H17N3O2S/c1-15(2,3)20-14(19)17-8-4-5-10-6-7-11-12(9-10)21-13(16)18-11/h6-7,9H,8H2,1-3H3,(H2,16,18)(H,17,19). The van der Waals surface area contributed by atoms with E-state index in [1.807, 2.05) is 39.0 Å². The van der Waals surface area contributed by atoms with E-state index in [4.69, 9.17) is 10.5 Å². The van der Waals surface area contributed by atoms with Crippen LogP contribution in [0, 0.1) is 11.8 Å². The van der Waals surface area contributed by atoms with Gasteiger partial charge in [0.15, 0.2) is 5.13 Å². The first kappa shape index (κ1) is 15.1. The molecule has 0 aliphatic rings. The molecule has 6 heteroatoms. The van der Waals surface area contributed by atoms with Crippen molar-refractivity contribution >= 4 is 32.8 Å². The van der Waals surface area contributed by atoms with Crippen molar-refractivity contribution in [3.8, 4) is 11.8 Å². The molecule has 0 atom stereocenters. The van der Waals surface area contributed by atoms with Crippen molar-refractivity contribution in [1.29, 1.82) is 0 Å². The Kier molecular flexibility index (Phi) is 4.34. The number of hydrogen-bond donors (Lipinski definition) is 2. The molecular weight excluding hydrogens is 286 g/mol. The molecule has 110 valence electrons. The van der Waals surface area contributed by atoms with E-state index in [0.717, 1.165) is 15.8 Å². The van der Waals surface area contributed by atoms with E-state index in [1.165, 1.54) is 11.3 Å². The summed E-state index contributed by atoms with van der Waals surface area (Å²) in [6.45, 7) is 5.68. The van der Waals surface area contributed by atoms with Crippen LogP contribution in [-0.2, 0) is 4.74 Å². The summed E-state index contributed by atoms with van der Waals surface area (Å²) in [7, 11) is 0. The van der Waals surface area contributed by atoms with Crippen molar-refractivity contribution < 1.29 is 9.53 Å². The van der Waals surface area contributed by atoms with Gasteiger partial charge in [-0.15, -0.1) is 0 Å². The summed E-state index contributed by atoms with van der Waals surface area (Å²) in [5.41, 5.74) is 6.88. The summed E-state index contributed by atoms with van der Waals surface area (Å²) >= 11 is 1.43. The molecule has 0 fully saturated rings. The van der Waals surface area contributed by atoms with E-state index in [0.29, 0.717) is 5.13 Å². The Morgan fingerprint density at radius 1 is 1.48 bits per heavy atom. The number of thiazole rings is 1. The largest absolute Gasteiger partial charge is 0.444 e. The molecule has 0 aliphatic heterocycles. The summed E-state index contributed by atoms with van der Waals surface area (Å²) in [5, 5.41) is 3.13. The molecule has 5 nitrogen and oxygen atoms in total. The molecule has 2 rings (SSSR count). The van der Waals surface area contributed by atoms with Crippen LogP contribution in [-0.4, -0.2) is 23.2 Å². The van der Waals surface area contributed by atoms with Gasteiger partial charge in [0.1, 0.15) is 5.60 Å². The third-order valence-corrected chi connectivity index (χ3v) is 3.21.